The van der Waals surface area contributed by atoms with Crippen LogP contribution in [0.3, 0.4) is 0 Å². The van der Waals surface area contributed by atoms with Crippen LogP contribution in [0.1, 0.15) is 41.9 Å². The van der Waals surface area contributed by atoms with Crippen LogP contribution in [0.15, 0.2) is 11.4 Å². The van der Waals surface area contributed by atoms with Gasteiger partial charge in [0.05, 0.1) is 0 Å². The molecule has 0 aliphatic carbocycles. The topological polar surface area (TPSA) is 37.3 Å². The Kier molecular flexibility index (Phi) is 4.48. The molecule has 0 spiro atoms. The van der Waals surface area contributed by atoms with Crippen molar-refractivity contribution in [2.24, 2.45) is 5.92 Å². The highest BCUT2D eigenvalue weighted by Crippen LogP contribution is 2.22. The summed E-state index contributed by atoms with van der Waals surface area (Å²) >= 11 is 1.55. The Hall–Kier alpha value is -0.670. The normalized spacial score (nSPS) is 13.1. The van der Waals surface area contributed by atoms with Crippen molar-refractivity contribution < 1.29 is 9.90 Å². The van der Waals surface area contributed by atoms with E-state index in [0.29, 0.717) is 5.56 Å². The Labute approximate surface area is 94.9 Å². The number of rotatable bonds is 5. The lowest BCUT2D eigenvalue weighted by Gasteiger charge is -2.18. The predicted octanol–water partition coefficient (Wildman–Crippen LogP) is 3.04. The molecule has 1 rings (SSSR count). The quantitative estimate of drug-likeness (QED) is 0.784. The summed E-state index contributed by atoms with van der Waals surface area (Å²) < 4.78 is 0. The zero-order valence-corrected chi connectivity index (χ0v) is 10.3. The zero-order chi connectivity index (χ0) is 11.4. The lowest BCUT2D eigenvalue weighted by Crippen LogP contribution is -2.29. The number of carbonyl (C=O) groups excluding carboxylic acids is 1. The summed E-state index contributed by atoms with van der Waals surface area (Å²) in [6.45, 7) is 5.92. The molecular formula is C12H18O2S. The van der Waals surface area contributed by atoms with Crippen LogP contribution in [0.4, 0.5) is 0 Å². The van der Waals surface area contributed by atoms with Crippen LogP contribution in [0.5, 0.6) is 0 Å². The second-order valence-electron chi connectivity index (χ2n) is 3.78. The van der Waals surface area contributed by atoms with E-state index in [1.54, 1.807) is 17.4 Å². The Morgan fingerprint density at radius 3 is 2.47 bits per heavy atom. The molecule has 1 unspecified atom stereocenters. The molecule has 1 aromatic rings. The maximum atomic E-state index is 11.9. The van der Waals surface area contributed by atoms with Gasteiger partial charge >= 0.3 is 0 Å². The van der Waals surface area contributed by atoms with Crippen molar-refractivity contribution in [1.82, 2.24) is 0 Å². The molecule has 1 heterocycles. The fraction of sp³-hybridized carbons (Fsp3) is 0.583. The van der Waals surface area contributed by atoms with Gasteiger partial charge in [-0.3, -0.25) is 4.79 Å². The van der Waals surface area contributed by atoms with Crippen LogP contribution in [0.25, 0.3) is 0 Å². The molecule has 1 N–H and O–H groups in total. The molecule has 0 amide bonds. The van der Waals surface area contributed by atoms with E-state index in [0.717, 1.165) is 17.7 Å². The Morgan fingerprint density at radius 1 is 1.47 bits per heavy atom. The number of Topliss-reactive ketones (excluding diaryl/α,β-unsaturated/α-hetero) is 1. The molecule has 0 aliphatic heterocycles. The van der Waals surface area contributed by atoms with Crippen molar-refractivity contribution in [1.29, 1.82) is 0 Å². The van der Waals surface area contributed by atoms with Crippen molar-refractivity contribution in [3.05, 3.63) is 21.9 Å². The van der Waals surface area contributed by atoms with Gasteiger partial charge in [-0.05, 0) is 24.3 Å². The van der Waals surface area contributed by atoms with Gasteiger partial charge in [0.1, 0.15) is 6.10 Å². The summed E-state index contributed by atoms with van der Waals surface area (Å²) in [4.78, 5) is 12.9. The third-order valence-corrected chi connectivity index (χ3v) is 3.73. The SMILES string of the molecule is CCC(CC)C(O)C(=O)c1ccsc1C. The van der Waals surface area contributed by atoms with E-state index >= 15 is 0 Å². The summed E-state index contributed by atoms with van der Waals surface area (Å²) in [5.41, 5.74) is 0.680. The Bertz CT molecular complexity index is 326. The first-order valence-electron chi connectivity index (χ1n) is 5.38. The minimum Gasteiger partial charge on any atom is -0.385 e. The minimum absolute atomic E-state index is 0.0804. The van der Waals surface area contributed by atoms with Gasteiger partial charge in [-0.1, -0.05) is 26.7 Å². The number of thiophene rings is 1. The molecule has 84 valence electrons. The van der Waals surface area contributed by atoms with Crippen molar-refractivity contribution in [3.63, 3.8) is 0 Å². The molecule has 1 aromatic heterocycles. The monoisotopic (exact) mass is 226 g/mol. The molecule has 0 bridgehead atoms. The van der Waals surface area contributed by atoms with Crippen LogP contribution in [-0.2, 0) is 0 Å². The van der Waals surface area contributed by atoms with Crippen LogP contribution < -0.4 is 0 Å². The number of aliphatic hydroxyl groups is 1. The maximum Gasteiger partial charge on any atom is 0.192 e. The van der Waals surface area contributed by atoms with E-state index in [9.17, 15) is 9.90 Å². The number of aryl methyl sites for hydroxylation is 1. The van der Waals surface area contributed by atoms with E-state index in [1.165, 1.54) is 0 Å². The fourth-order valence-electron chi connectivity index (χ4n) is 1.75. The number of ketones is 1. The van der Waals surface area contributed by atoms with Crippen LogP contribution in [-0.4, -0.2) is 17.0 Å². The maximum absolute atomic E-state index is 11.9. The predicted molar refractivity (Wildman–Crippen MR) is 63.5 cm³/mol. The van der Waals surface area contributed by atoms with E-state index in [2.05, 4.69) is 0 Å². The van der Waals surface area contributed by atoms with Gasteiger partial charge in [0.15, 0.2) is 5.78 Å². The summed E-state index contributed by atoms with van der Waals surface area (Å²) in [6.07, 6.45) is 0.840. The molecule has 15 heavy (non-hydrogen) atoms. The average Bonchev–Trinajstić information content (AvgIpc) is 2.65. The molecule has 0 saturated heterocycles. The Morgan fingerprint density at radius 2 is 2.07 bits per heavy atom. The molecule has 0 fully saturated rings. The summed E-state index contributed by atoms with van der Waals surface area (Å²) in [6, 6.07) is 1.80. The lowest BCUT2D eigenvalue weighted by atomic mass is 9.91. The van der Waals surface area contributed by atoms with Crippen LogP contribution in [0.2, 0.25) is 0 Å². The molecule has 3 heteroatoms. The molecule has 0 aliphatic rings. The third kappa shape index (κ3) is 2.67. The van der Waals surface area contributed by atoms with Crippen molar-refractivity contribution in [3.8, 4) is 0 Å². The van der Waals surface area contributed by atoms with Crippen LogP contribution in [0, 0.1) is 12.8 Å². The lowest BCUT2D eigenvalue weighted by molar-refractivity contribution is 0.0588. The average molecular weight is 226 g/mol. The van der Waals surface area contributed by atoms with Gasteiger partial charge in [0.25, 0.3) is 0 Å². The second kappa shape index (κ2) is 5.42. The molecule has 0 aromatic carbocycles. The van der Waals surface area contributed by atoms with Gasteiger partial charge in [0.2, 0.25) is 0 Å². The standard InChI is InChI=1S/C12H18O2S/c1-4-9(5-2)11(13)12(14)10-6-7-15-8(10)3/h6-7,9,11,13H,4-5H2,1-3H3. The van der Waals surface area contributed by atoms with Gasteiger partial charge in [-0.2, -0.15) is 0 Å². The first-order chi connectivity index (χ1) is 7.11. The summed E-state index contributed by atoms with van der Waals surface area (Å²) in [7, 11) is 0. The van der Waals surface area contributed by atoms with E-state index in [1.807, 2.05) is 26.2 Å². The third-order valence-electron chi connectivity index (χ3n) is 2.89. The smallest absolute Gasteiger partial charge is 0.192 e. The highest BCUT2D eigenvalue weighted by molar-refractivity contribution is 7.10. The van der Waals surface area contributed by atoms with Crippen molar-refractivity contribution >= 4 is 17.1 Å². The number of hydrogen-bond acceptors (Lipinski definition) is 3. The van der Waals surface area contributed by atoms with Gasteiger partial charge < -0.3 is 5.11 Å². The highest BCUT2D eigenvalue weighted by atomic mass is 32.1. The summed E-state index contributed by atoms with van der Waals surface area (Å²) in [5, 5.41) is 11.8. The van der Waals surface area contributed by atoms with E-state index < -0.39 is 6.10 Å². The molecular weight excluding hydrogens is 208 g/mol. The number of aliphatic hydroxyl groups excluding tert-OH is 1. The van der Waals surface area contributed by atoms with E-state index in [-0.39, 0.29) is 11.7 Å². The van der Waals surface area contributed by atoms with Gasteiger partial charge in [-0.25, -0.2) is 0 Å². The zero-order valence-electron chi connectivity index (χ0n) is 9.49. The first kappa shape index (κ1) is 12.4. The molecule has 0 radical (unpaired) electrons. The highest BCUT2D eigenvalue weighted by Gasteiger charge is 2.25. The largest absolute Gasteiger partial charge is 0.385 e. The molecule has 0 saturated carbocycles. The first-order valence-corrected chi connectivity index (χ1v) is 6.26. The minimum atomic E-state index is -0.840. The number of hydrogen-bond donors (Lipinski definition) is 1. The van der Waals surface area contributed by atoms with Gasteiger partial charge in [0, 0.05) is 10.4 Å². The fourth-order valence-corrected chi connectivity index (χ4v) is 2.45. The number of carbonyl (C=O) groups is 1. The molecule has 2 nitrogen and oxygen atoms in total. The second-order valence-corrected chi connectivity index (χ2v) is 4.90. The Balaban J connectivity index is 2.81. The van der Waals surface area contributed by atoms with Gasteiger partial charge in [-0.15, -0.1) is 11.3 Å². The molecule has 1 atom stereocenters. The van der Waals surface area contributed by atoms with Crippen molar-refractivity contribution in [2.45, 2.75) is 39.7 Å². The van der Waals surface area contributed by atoms with Crippen molar-refractivity contribution in [2.75, 3.05) is 0 Å². The van der Waals surface area contributed by atoms with Crippen LogP contribution >= 0.6 is 11.3 Å². The van der Waals surface area contributed by atoms with E-state index in [4.69, 9.17) is 0 Å². The summed E-state index contributed by atoms with van der Waals surface area (Å²) in [5.74, 6) is -0.0424.